The number of hydrogen-bond donors (Lipinski definition) is 1. The highest BCUT2D eigenvalue weighted by Crippen LogP contribution is 2.27. The maximum absolute atomic E-state index is 5.19. The minimum atomic E-state index is 0.941. The molecule has 0 aliphatic heterocycles. The summed E-state index contributed by atoms with van der Waals surface area (Å²) in [6, 6.07) is 8.24. The smallest absolute Gasteiger partial charge is 0.119 e. The van der Waals surface area contributed by atoms with Gasteiger partial charge in [-0.3, -0.25) is 0 Å². The summed E-state index contributed by atoms with van der Waals surface area (Å²) in [6.45, 7) is 2.30. The predicted molar refractivity (Wildman–Crippen MR) is 69.3 cm³/mol. The first-order valence-electron chi connectivity index (χ1n) is 5.86. The van der Waals surface area contributed by atoms with Gasteiger partial charge < -0.3 is 10.1 Å². The first-order valence-corrected chi connectivity index (χ1v) is 6.84. The van der Waals surface area contributed by atoms with E-state index in [1.165, 1.54) is 24.3 Å². The number of thioether (sulfide) groups is 1. The fourth-order valence-electron chi connectivity index (χ4n) is 1.56. The third-order valence-electron chi connectivity index (χ3n) is 2.72. The van der Waals surface area contributed by atoms with Crippen LogP contribution in [0.4, 0.5) is 0 Å². The van der Waals surface area contributed by atoms with Gasteiger partial charge in [-0.2, -0.15) is 0 Å². The van der Waals surface area contributed by atoms with Crippen molar-refractivity contribution >= 4 is 11.8 Å². The SMILES string of the molecule is COc1cccc(SCCNCC2CC2)c1. The van der Waals surface area contributed by atoms with E-state index in [4.69, 9.17) is 4.74 Å². The molecule has 2 nitrogen and oxygen atoms in total. The Labute approximate surface area is 102 Å². The highest BCUT2D eigenvalue weighted by atomic mass is 32.2. The molecule has 0 aromatic heterocycles. The Morgan fingerprint density at radius 2 is 2.31 bits per heavy atom. The van der Waals surface area contributed by atoms with E-state index in [0.29, 0.717) is 0 Å². The molecule has 3 heteroatoms. The zero-order chi connectivity index (χ0) is 11.2. The molecule has 1 N–H and O–H groups in total. The van der Waals surface area contributed by atoms with E-state index in [2.05, 4.69) is 17.4 Å². The molecule has 0 spiro atoms. The summed E-state index contributed by atoms with van der Waals surface area (Å²) in [4.78, 5) is 1.28. The first-order chi connectivity index (χ1) is 7.88. The van der Waals surface area contributed by atoms with Crippen molar-refractivity contribution in [1.29, 1.82) is 0 Å². The second-order valence-electron chi connectivity index (χ2n) is 4.17. The summed E-state index contributed by atoms with van der Waals surface area (Å²) in [5.41, 5.74) is 0. The van der Waals surface area contributed by atoms with Gasteiger partial charge in [0.05, 0.1) is 7.11 Å². The predicted octanol–water partition coefficient (Wildman–Crippen LogP) is 2.79. The summed E-state index contributed by atoms with van der Waals surface area (Å²) >= 11 is 1.88. The van der Waals surface area contributed by atoms with Crippen LogP contribution in [0.15, 0.2) is 29.2 Å². The minimum Gasteiger partial charge on any atom is -0.497 e. The standard InChI is InChI=1S/C13H19NOS/c1-15-12-3-2-4-13(9-12)16-8-7-14-10-11-5-6-11/h2-4,9,11,14H,5-8,10H2,1H3. The zero-order valence-electron chi connectivity index (χ0n) is 9.74. The quantitative estimate of drug-likeness (QED) is 0.582. The molecular weight excluding hydrogens is 218 g/mol. The van der Waals surface area contributed by atoms with Gasteiger partial charge in [0.1, 0.15) is 5.75 Å². The van der Waals surface area contributed by atoms with Crippen molar-refractivity contribution in [2.75, 3.05) is 26.0 Å². The van der Waals surface area contributed by atoms with Crippen molar-refractivity contribution in [3.8, 4) is 5.75 Å². The van der Waals surface area contributed by atoms with E-state index in [1.54, 1.807) is 7.11 Å². The molecule has 16 heavy (non-hydrogen) atoms. The summed E-state index contributed by atoms with van der Waals surface area (Å²) in [5.74, 6) is 3.04. The number of methoxy groups -OCH3 is 1. The third kappa shape index (κ3) is 4.06. The molecule has 0 atom stereocenters. The lowest BCUT2D eigenvalue weighted by molar-refractivity contribution is 0.413. The number of hydrogen-bond acceptors (Lipinski definition) is 3. The molecule has 0 unspecified atom stereocenters. The number of benzene rings is 1. The Balaban J connectivity index is 1.63. The Kier molecular flexibility index (Phi) is 4.55. The molecule has 1 fully saturated rings. The maximum atomic E-state index is 5.19. The van der Waals surface area contributed by atoms with Crippen LogP contribution in [-0.2, 0) is 0 Å². The molecule has 0 amide bonds. The van der Waals surface area contributed by atoms with Crippen molar-refractivity contribution in [1.82, 2.24) is 5.32 Å². The molecule has 1 aromatic rings. The zero-order valence-corrected chi connectivity index (χ0v) is 10.6. The Morgan fingerprint density at radius 3 is 3.06 bits per heavy atom. The van der Waals surface area contributed by atoms with Gasteiger partial charge in [-0.25, -0.2) is 0 Å². The van der Waals surface area contributed by atoms with Crippen molar-refractivity contribution < 1.29 is 4.74 Å². The summed E-state index contributed by atoms with van der Waals surface area (Å²) in [5, 5.41) is 3.49. The van der Waals surface area contributed by atoms with Gasteiger partial charge in [0.15, 0.2) is 0 Å². The van der Waals surface area contributed by atoms with Crippen LogP contribution in [0.5, 0.6) is 5.75 Å². The van der Waals surface area contributed by atoms with Crippen molar-refractivity contribution in [3.05, 3.63) is 24.3 Å². The highest BCUT2D eigenvalue weighted by molar-refractivity contribution is 7.99. The fourth-order valence-corrected chi connectivity index (χ4v) is 2.42. The average Bonchev–Trinajstić information content (AvgIpc) is 3.13. The Hall–Kier alpha value is -0.670. The van der Waals surface area contributed by atoms with Crippen LogP contribution in [0.1, 0.15) is 12.8 Å². The topological polar surface area (TPSA) is 21.3 Å². The average molecular weight is 237 g/mol. The second-order valence-corrected chi connectivity index (χ2v) is 5.34. The third-order valence-corrected chi connectivity index (χ3v) is 3.71. The molecular formula is C13H19NOS. The van der Waals surface area contributed by atoms with Crippen molar-refractivity contribution in [2.45, 2.75) is 17.7 Å². The van der Waals surface area contributed by atoms with Gasteiger partial charge in [-0.05, 0) is 43.5 Å². The van der Waals surface area contributed by atoms with E-state index in [1.807, 2.05) is 23.9 Å². The van der Waals surface area contributed by atoms with Crippen LogP contribution >= 0.6 is 11.8 Å². The molecule has 1 saturated carbocycles. The molecule has 1 aromatic carbocycles. The molecule has 0 bridgehead atoms. The van der Waals surface area contributed by atoms with Crippen LogP contribution in [0.2, 0.25) is 0 Å². The summed E-state index contributed by atoms with van der Waals surface area (Å²) in [7, 11) is 1.71. The molecule has 1 aliphatic rings. The highest BCUT2D eigenvalue weighted by Gasteiger charge is 2.19. The van der Waals surface area contributed by atoms with E-state index < -0.39 is 0 Å². The lowest BCUT2D eigenvalue weighted by Gasteiger charge is -2.05. The van der Waals surface area contributed by atoms with Crippen LogP contribution in [-0.4, -0.2) is 26.0 Å². The first kappa shape index (κ1) is 11.8. The van der Waals surface area contributed by atoms with Crippen LogP contribution in [0.25, 0.3) is 0 Å². The monoisotopic (exact) mass is 237 g/mol. The maximum Gasteiger partial charge on any atom is 0.119 e. The lowest BCUT2D eigenvalue weighted by atomic mass is 10.3. The van der Waals surface area contributed by atoms with Crippen molar-refractivity contribution in [3.63, 3.8) is 0 Å². The van der Waals surface area contributed by atoms with E-state index in [9.17, 15) is 0 Å². The van der Waals surface area contributed by atoms with Gasteiger partial charge in [0.2, 0.25) is 0 Å². The van der Waals surface area contributed by atoms with E-state index in [0.717, 1.165) is 24.0 Å². The fraction of sp³-hybridized carbons (Fsp3) is 0.538. The molecule has 0 heterocycles. The van der Waals surface area contributed by atoms with Crippen LogP contribution in [0, 0.1) is 5.92 Å². The molecule has 2 rings (SSSR count). The normalized spacial score (nSPS) is 15.1. The number of nitrogens with one attached hydrogen (secondary N) is 1. The Bertz CT molecular complexity index is 325. The number of ether oxygens (including phenoxy) is 1. The van der Waals surface area contributed by atoms with Gasteiger partial charge >= 0.3 is 0 Å². The largest absolute Gasteiger partial charge is 0.497 e. The van der Waals surface area contributed by atoms with Gasteiger partial charge in [-0.15, -0.1) is 11.8 Å². The minimum absolute atomic E-state index is 0.941. The molecule has 88 valence electrons. The van der Waals surface area contributed by atoms with Crippen LogP contribution < -0.4 is 10.1 Å². The van der Waals surface area contributed by atoms with E-state index in [-0.39, 0.29) is 0 Å². The van der Waals surface area contributed by atoms with Gasteiger partial charge in [-0.1, -0.05) is 6.07 Å². The molecule has 0 radical (unpaired) electrons. The Morgan fingerprint density at radius 1 is 1.44 bits per heavy atom. The lowest BCUT2D eigenvalue weighted by Crippen LogP contribution is -2.19. The van der Waals surface area contributed by atoms with Gasteiger partial charge in [0.25, 0.3) is 0 Å². The second kappa shape index (κ2) is 6.16. The van der Waals surface area contributed by atoms with Gasteiger partial charge in [0, 0.05) is 17.2 Å². The summed E-state index contributed by atoms with van der Waals surface area (Å²) < 4.78 is 5.19. The number of rotatable bonds is 7. The van der Waals surface area contributed by atoms with Crippen LogP contribution in [0.3, 0.4) is 0 Å². The summed E-state index contributed by atoms with van der Waals surface area (Å²) in [6.07, 6.45) is 2.85. The van der Waals surface area contributed by atoms with Crippen molar-refractivity contribution in [2.24, 2.45) is 5.92 Å². The molecule has 1 aliphatic carbocycles. The molecule has 0 saturated heterocycles. The van der Waals surface area contributed by atoms with E-state index >= 15 is 0 Å².